The van der Waals surface area contributed by atoms with E-state index in [0.29, 0.717) is 18.2 Å². The van der Waals surface area contributed by atoms with Crippen LogP contribution >= 0.6 is 0 Å². The lowest BCUT2D eigenvalue weighted by Crippen LogP contribution is -2.48. The summed E-state index contributed by atoms with van der Waals surface area (Å²) in [4.78, 5) is 37.8. The molecule has 0 bridgehead atoms. The van der Waals surface area contributed by atoms with Gasteiger partial charge < -0.3 is 10.6 Å². The molecule has 1 fully saturated rings. The van der Waals surface area contributed by atoms with Crippen LogP contribution in [-0.2, 0) is 25.9 Å². The summed E-state index contributed by atoms with van der Waals surface area (Å²) in [6.45, 7) is 3.35. The fourth-order valence-electron chi connectivity index (χ4n) is 4.78. The lowest BCUT2D eigenvalue weighted by molar-refractivity contribution is 0.491. The molecule has 2 aromatic heterocycles. The highest BCUT2D eigenvalue weighted by molar-refractivity contribution is 5.86. The van der Waals surface area contributed by atoms with Gasteiger partial charge in [0.15, 0.2) is 0 Å². The van der Waals surface area contributed by atoms with Gasteiger partial charge in [-0.1, -0.05) is 18.1 Å². The maximum absolute atomic E-state index is 13.4. The Labute approximate surface area is 185 Å². The summed E-state index contributed by atoms with van der Waals surface area (Å²) in [6, 6.07) is 7.60. The van der Waals surface area contributed by atoms with E-state index in [1.165, 1.54) is 16.2 Å². The summed E-state index contributed by atoms with van der Waals surface area (Å²) in [5, 5.41) is 1.11. The molecule has 0 unspecified atom stereocenters. The van der Waals surface area contributed by atoms with Crippen molar-refractivity contribution in [2.45, 2.75) is 51.7 Å². The third-order valence-electron chi connectivity index (χ3n) is 6.31. The number of nitrogens with two attached hydrogens (primary N) is 1. The van der Waals surface area contributed by atoms with Crippen LogP contribution in [0.3, 0.4) is 0 Å². The molecule has 1 aliphatic carbocycles. The number of nitrogens with zero attached hydrogens (tertiary/aromatic N) is 5. The molecule has 1 aromatic carbocycles. The minimum atomic E-state index is -0.400. The molecule has 164 valence electrons. The van der Waals surface area contributed by atoms with Crippen LogP contribution in [0.15, 0.2) is 33.9 Å². The highest BCUT2D eigenvalue weighted by atomic mass is 16.2. The molecule has 32 heavy (non-hydrogen) atoms. The monoisotopic (exact) mass is 430 g/mol. The molecule has 2 N–H and O–H groups in total. The summed E-state index contributed by atoms with van der Waals surface area (Å²) in [6.07, 6.45) is 3.66. The van der Waals surface area contributed by atoms with Crippen LogP contribution < -0.4 is 21.9 Å². The number of rotatable bonds is 4. The van der Waals surface area contributed by atoms with Crippen LogP contribution in [0, 0.1) is 11.8 Å². The van der Waals surface area contributed by atoms with Crippen molar-refractivity contribution in [3.8, 4) is 11.8 Å². The van der Waals surface area contributed by atoms with Crippen molar-refractivity contribution in [2.24, 2.45) is 5.73 Å². The summed E-state index contributed by atoms with van der Waals surface area (Å²) in [7, 11) is 0. The van der Waals surface area contributed by atoms with Crippen LogP contribution in [0.5, 0.6) is 0 Å². The average Bonchev–Trinajstić information content (AvgIpc) is 3.20. The van der Waals surface area contributed by atoms with E-state index in [0.717, 1.165) is 48.8 Å². The third-order valence-corrected chi connectivity index (χ3v) is 6.31. The number of hydrogen-bond donors (Lipinski definition) is 1. The van der Waals surface area contributed by atoms with Gasteiger partial charge in [-0.15, -0.1) is 5.92 Å². The Morgan fingerprint density at radius 1 is 1.19 bits per heavy atom. The molecule has 0 amide bonds. The van der Waals surface area contributed by atoms with E-state index in [1.807, 2.05) is 17.0 Å². The summed E-state index contributed by atoms with van der Waals surface area (Å²) >= 11 is 0. The SMILES string of the molecule is CC#CCn1c(N2CCC[C@@H](N)C2)cc(=O)n(Cc2nc3c4c(cccc4n2)CC3)c1=O. The molecule has 3 aromatic rings. The van der Waals surface area contributed by atoms with Crippen molar-refractivity contribution in [3.63, 3.8) is 0 Å². The second-order valence-corrected chi connectivity index (χ2v) is 8.47. The molecule has 8 heteroatoms. The van der Waals surface area contributed by atoms with Gasteiger partial charge in [-0.05, 0) is 44.2 Å². The van der Waals surface area contributed by atoms with Crippen molar-refractivity contribution in [1.29, 1.82) is 0 Å². The first-order valence-corrected chi connectivity index (χ1v) is 11.1. The predicted octanol–water partition coefficient (Wildman–Crippen LogP) is 1.05. The molecular weight excluding hydrogens is 404 g/mol. The van der Waals surface area contributed by atoms with E-state index in [4.69, 9.17) is 5.73 Å². The van der Waals surface area contributed by atoms with Crippen LogP contribution in [0.1, 0.15) is 36.8 Å². The third kappa shape index (κ3) is 3.59. The molecule has 3 heterocycles. The summed E-state index contributed by atoms with van der Waals surface area (Å²) in [5.41, 5.74) is 8.49. The van der Waals surface area contributed by atoms with Gasteiger partial charge in [-0.3, -0.25) is 13.9 Å². The molecule has 0 spiro atoms. The van der Waals surface area contributed by atoms with E-state index in [2.05, 4.69) is 27.9 Å². The number of anilines is 1. The number of benzene rings is 1. The van der Waals surface area contributed by atoms with E-state index >= 15 is 0 Å². The van der Waals surface area contributed by atoms with Crippen LogP contribution in [0.2, 0.25) is 0 Å². The predicted molar refractivity (Wildman–Crippen MR) is 124 cm³/mol. The maximum Gasteiger partial charge on any atom is 0.333 e. The zero-order chi connectivity index (χ0) is 22.2. The second-order valence-electron chi connectivity index (χ2n) is 8.47. The zero-order valence-electron chi connectivity index (χ0n) is 18.2. The molecule has 5 rings (SSSR count). The molecule has 0 radical (unpaired) electrons. The lowest BCUT2D eigenvalue weighted by Gasteiger charge is -2.33. The Hall–Kier alpha value is -3.44. The Morgan fingerprint density at radius 2 is 2.06 bits per heavy atom. The minimum absolute atomic E-state index is 0.0239. The van der Waals surface area contributed by atoms with Crippen molar-refractivity contribution in [1.82, 2.24) is 19.1 Å². The Bertz CT molecular complexity index is 1380. The number of piperidine rings is 1. The van der Waals surface area contributed by atoms with Crippen LogP contribution in [0.4, 0.5) is 5.82 Å². The first-order valence-electron chi connectivity index (χ1n) is 11.1. The molecule has 0 saturated carbocycles. The molecule has 1 aliphatic heterocycles. The van der Waals surface area contributed by atoms with Crippen LogP contribution in [0.25, 0.3) is 10.9 Å². The molecule has 8 nitrogen and oxygen atoms in total. The standard InChI is InChI=1S/C24H26N6O2/c1-2-3-12-29-21(28-11-5-7-17(25)14-28)13-22(31)30(24(29)32)15-20-26-18-8-4-6-16-9-10-19(27-20)23(16)18/h4,6,8,13,17H,5,7,9-12,14-15,25H2,1H3/t17-/m1/s1. The highest BCUT2D eigenvalue weighted by Crippen LogP contribution is 2.28. The Kier molecular flexibility index (Phi) is 5.27. The molecular formula is C24H26N6O2. The molecule has 2 aliphatic rings. The minimum Gasteiger partial charge on any atom is -0.356 e. The van der Waals surface area contributed by atoms with Gasteiger partial charge >= 0.3 is 5.69 Å². The number of aryl methyl sites for hydroxylation is 2. The largest absolute Gasteiger partial charge is 0.356 e. The van der Waals surface area contributed by atoms with Crippen molar-refractivity contribution < 1.29 is 0 Å². The van der Waals surface area contributed by atoms with Gasteiger partial charge in [0.2, 0.25) is 0 Å². The average molecular weight is 431 g/mol. The van der Waals surface area contributed by atoms with E-state index in [9.17, 15) is 9.59 Å². The van der Waals surface area contributed by atoms with E-state index in [-0.39, 0.29) is 24.7 Å². The van der Waals surface area contributed by atoms with E-state index in [1.54, 1.807) is 11.5 Å². The number of aromatic nitrogens is 4. The smallest absolute Gasteiger partial charge is 0.333 e. The maximum atomic E-state index is 13.4. The van der Waals surface area contributed by atoms with Gasteiger partial charge in [0.25, 0.3) is 5.56 Å². The Morgan fingerprint density at radius 3 is 2.88 bits per heavy atom. The quantitative estimate of drug-likeness (QED) is 0.622. The van der Waals surface area contributed by atoms with Gasteiger partial charge in [0, 0.05) is 30.6 Å². The van der Waals surface area contributed by atoms with Gasteiger partial charge in [0.05, 0.1) is 24.3 Å². The zero-order valence-corrected chi connectivity index (χ0v) is 18.2. The fraction of sp³-hybridized carbons (Fsp3) is 0.417. The van der Waals surface area contributed by atoms with Crippen LogP contribution in [-0.4, -0.2) is 38.2 Å². The molecule has 1 atom stereocenters. The second kappa shape index (κ2) is 8.24. The first-order chi connectivity index (χ1) is 15.5. The van der Waals surface area contributed by atoms with Gasteiger partial charge in [-0.2, -0.15) is 0 Å². The summed E-state index contributed by atoms with van der Waals surface area (Å²) < 4.78 is 2.77. The van der Waals surface area contributed by atoms with Crippen molar-refractivity contribution in [3.05, 3.63) is 62.2 Å². The van der Waals surface area contributed by atoms with E-state index < -0.39 is 5.69 Å². The Balaban J connectivity index is 1.58. The summed E-state index contributed by atoms with van der Waals surface area (Å²) in [5.74, 6) is 6.87. The highest BCUT2D eigenvalue weighted by Gasteiger charge is 2.23. The normalized spacial score (nSPS) is 17.4. The van der Waals surface area contributed by atoms with Crippen molar-refractivity contribution in [2.75, 3.05) is 18.0 Å². The number of hydrogen-bond acceptors (Lipinski definition) is 6. The van der Waals surface area contributed by atoms with Gasteiger partial charge in [-0.25, -0.2) is 14.8 Å². The van der Waals surface area contributed by atoms with Crippen molar-refractivity contribution >= 4 is 16.7 Å². The first kappa shape index (κ1) is 20.5. The lowest BCUT2D eigenvalue weighted by atomic mass is 10.1. The van der Waals surface area contributed by atoms with Gasteiger partial charge in [0.1, 0.15) is 11.6 Å². The fourth-order valence-corrected chi connectivity index (χ4v) is 4.78. The molecule has 1 saturated heterocycles. The topological polar surface area (TPSA) is 99.0 Å².